The molecule has 0 aliphatic carbocycles. The van der Waals surface area contributed by atoms with Crippen LogP contribution in [-0.2, 0) is 20.5 Å². The van der Waals surface area contributed by atoms with Crippen LogP contribution in [0.2, 0.25) is 0 Å². The summed E-state index contributed by atoms with van der Waals surface area (Å²) in [5.74, 6) is -0.154. The van der Waals surface area contributed by atoms with Crippen molar-refractivity contribution in [1.29, 1.82) is 0 Å². The number of alkyl halides is 3. The topological polar surface area (TPSA) is 106 Å². The monoisotopic (exact) mass is 515 g/mol. The van der Waals surface area contributed by atoms with Gasteiger partial charge in [0.2, 0.25) is 5.91 Å². The highest BCUT2D eigenvalue weighted by Gasteiger charge is 2.30. The molecule has 1 saturated heterocycles. The lowest BCUT2D eigenvalue weighted by atomic mass is 10.1. The lowest BCUT2D eigenvalue weighted by Crippen LogP contribution is -2.44. The molecule has 37 heavy (non-hydrogen) atoms. The normalized spacial score (nSPS) is 16.6. The minimum absolute atomic E-state index is 0.149. The molecule has 1 amide bonds. The molecule has 9 nitrogen and oxygen atoms in total. The van der Waals surface area contributed by atoms with Gasteiger partial charge in [-0.05, 0) is 31.2 Å². The van der Waals surface area contributed by atoms with Gasteiger partial charge in [0.15, 0.2) is 0 Å². The molecule has 2 heterocycles. The number of methoxy groups -OCH3 is 1. The first-order valence-electron chi connectivity index (χ1n) is 11.3. The van der Waals surface area contributed by atoms with Gasteiger partial charge >= 0.3 is 12.1 Å². The van der Waals surface area contributed by atoms with Gasteiger partial charge in [-0.3, -0.25) is 14.5 Å². The lowest BCUT2D eigenvalue weighted by molar-refractivity contribution is -0.156. The first kappa shape index (κ1) is 25.9. The molecule has 12 heteroatoms. The van der Waals surface area contributed by atoms with Crippen LogP contribution < -0.4 is 15.4 Å². The zero-order valence-electron chi connectivity index (χ0n) is 20.0. The molecule has 0 bridgehead atoms. The molecule has 2 N–H and O–H groups in total. The second kappa shape index (κ2) is 10.8. The zero-order chi connectivity index (χ0) is 26.6. The van der Waals surface area contributed by atoms with Crippen LogP contribution in [-0.4, -0.2) is 59.6 Å². The minimum Gasteiger partial charge on any atom is -0.494 e. The summed E-state index contributed by atoms with van der Waals surface area (Å²) >= 11 is 0. The predicted molar refractivity (Wildman–Crippen MR) is 131 cm³/mol. The van der Waals surface area contributed by atoms with Crippen molar-refractivity contribution < 1.29 is 32.2 Å². The van der Waals surface area contributed by atoms with Crippen molar-refractivity contribution in [1.82, 2.24) is 14.9 Å². The Morgan fingerprint density at radius 1 is 1.27 bits per heavy atom. The largest absolute Gasteiger partial charge is 0.494 e. The van der Waals surface area contributed by atoms with E-state index in [1.54, 1.807) is 25.1 Å². The van der Waals surface area contributed by atoms with Gasteiger partial charge in [0, 0.05) is 36.3 Å². The number of rotatable bonds is 7. The Bertz CT molecular complexity index is 1350. The average Bonchev–Trinajstić information content (AvgIpc) is 2.83. The number of anilines is 3. The molecule has 4 rings (SSSR count). The van der Waals surface area contributed by atoms with Crippen LogP contribution in [0, 0.1) is 0 Å². The van der Waals surface area contributed by atoms with Gasteiger partial charge in [-0.1, -0.05) is 12.1 Å². The lowest BCUT2D eigenvalue weighted by Gasteiger charge is -2.29. The molecule has 0 unspecified atom stereocenters. The summed E-state index contributed by atoms with van der Waals surface area (Å²) in [6.07, 6.45) is -0.448. The van der Waals surface area contributed by atoms with Gasteiger partial charge in [-0.2, -0.15) is 13.2 Å². The van der Waals surface area contributed by atoms with Gasteiger partial charge in [0.25, 0.3) is 0 Å². The third-order valence-corrected chi connectivity index (χ3v) is 5.50. The third kappa shape index (κ3) is 6.53. The summed E-state index contributed by atoms with van der Waals surface area (Å²) in [6.45, 7) is 2.90. The SMILES string of the molecule is COc1cc2ncnc(Nc3cccc(C(F)(F)F)c3)c2cc1NC(=O)/C=C/CN1CC(=O)O[C@H](C)C1. The molecule has 1 aliphatic rings. The number of amides is 1. The number of ether oxygens (including phenoxy) is 2. The molecule has 1 aromatic heterocycles. The summed E-state index contributed by atoms with van der Waals surface area (Å²) in [5, 5.41) is 6.09. The number of nitrogens with one attached hydrogen (secondary N) is 2. The first-order valence-corrected chi connectivity index (χ1v) is 11.3. The number of cyclic esters (lactones) is 1. The fourth-order valence-electron chi connectivity index (χ4n) is 3.89. The van der Waals surface area contributed by atoms with Crippen molar-refractivity contribution in [2.45, 2.75) is 19.2 Å². The summed E-state index contributed by atoms with van der Waals surface area (Å²) in [4.78, 5) is 34.4. The molecule has 0 radical (unpaired) electrons. The van der Waals surface area contributed by atoms with E-state index in [1.165, 1.54) is 31.6 Å². The molecular weight excluding hydrogens is 491 g/mol. The van der Waals surface area contributed by atoms with Crippen LogP contribution in [0.25, 0.3) is 10.9 Å². The second-order valence-electron chi connectivity index (χ2n) is 8.38. The van der Waals surface area contributed by atoms with E-state index in [1.807, 2.05) is 4.90 Å². The highest BCUT2D eigenvalue weighted by atomic mass is 19.4. The number of morpholine rings is 1. The molecule has 0 saturated carbocycles. The highest BCUT2D eigenvalue weighted by molar-refractivity contribution is 6.03. The number of halogens is 3. The van der Waals surface area contributed by atoms with E-state index in [4.69, 9.17) is 9.47 Å². The van der Waals surface area contributed by atoms with Crippen LogP contribution in [0.3, 0.4) is 0 Å². The van der Waals surface area contributed by atoms with Gasteiger partial charge in [0.1, 0.15) is 24.0 Å². The first-order chi connectivity index (χ1) is 17.6. The van der Waals surface area contributed by atoms with Crippen molar-refractivity contribution >= 4 is 40.0 Å². The van der Waals surface area contributed by atoms with Crippen LogP contribution in [0.4, 0.5) is 30.4 Å². The molecular formula is C25H24F3N5O4. The van der Waals surface area contributed by atoms with Crippen LogP contribution >= 0.6 is 0 Å². The van der Waals surface area contributed by atoms with Crippen molar-refractivity contribution in [3.05, 3.63) is 60.4 Å². The van der Waals surface area contributed by atoms with E-state index in [2.05, 4.69) is 20.6 Å². The molecule has 3 aromatic rings. The minimum atomic E-state index is -4.49. The maximum atomic E-state index is 13.1. The zero-order valence-corrected chi connectivity index (χ0v) is 20.0. The quantitative estimate of drug-likeness (QED) is 0.357. The van der Waals surface area contributed by atoms with Crippen LogP contribution in [0.5, 0.6) is 5.75 Å². The fourth-order valence-corrected chi connectivity index (χ4v) is 3.89. The van der Waals surface area contributed by atoms with E-state index >= 15 is 0 Å². The van der Waals surface area contributed by atoms with E-state index in [0.717, 1.165) is 12.1 Å². The van der Waals surface area contributed by atoms with Gasteiger partial charge in [-0.15, -0.1) is 0 Å². The number of hydrogen-bond donors (Lipinski definition) is 2. The standard InChI is InChI=1S/C25H24F3N5O4/c1-15-12-33(13-23(35)37-15)8-4-7-22(34)32-20-10-18-19(11-21(20)36-2)29-14-30-24(18)31-17-6-3-5-16(9-17)25(26,27)28/h3-7,9-11,14-15H,8,12-13H2,1-2H3,(H,32,34)(H,29,30,31)/b7-4+/t15-/m1/s1. The van der Waals surface area contributed by atoms with E-state index in [9.17, 15) is 22.8 Å². The van der Waals surface area contributed by atoms with Gasteiger partial charge < -0.3 is 20.1 Å². The summed E-state index contributed by atoms with van der Waals surface area (Å²) in [7, 11) is 1.44. The maximum Gasteiger partial charge on any atom is 0.416 e. The molecule has 1 aliphatic heterocycles. The number of hydrogen-bond acceptors (Lipinski definition) is 8. The van der Waals surface area contributed by atoms with Crippen molar-refractivity contribution in [2.24, 2.45) is 0 Å². The maximum absolute atomic E-state index is 13.1. The Hall–Kier alpha value is -4.19. The Morgan fingerprint density at radius 3 is 2.81 bits per heavy atom. The molecule has 1 atom stereocenters. The number of carbonyl (C=O) groups is 2. The Morgan fingerprint density at radius 2 is 2.08 bits per heavy atom. The Labute approximate surface area is 210 Å². The van der Waals surface area contributed by atoms with Crippen molar-refractivity contribution in [3.8, 4) is 5.75 Å². The summed E-state index contributed by atoms with van der Waals surface area (Å²) in [5.41, 5.74) is 0.172. The molecule has 2 aromatic carbocycles. The average molecular weight is 515 g/mol. The fraction of sp³-hybridized carbons (Fsp3) is 0.280. The number of carbonyl (C=O) groups excluding carboxylic acids is 2. The van der Waals surface area contributed by atoms with E-state index in [0.29, 0.717) is 35.4 Å². The number of fused-ring (bicyclic) bond motifs is 1. The number of esters is 1. The predicted octanol–water partition coefficient (Wildman–Crippen LogP) is 4.14. The summed E-state index contributed by atoms with van der Waals surface area (Å²) in [6, 6.07) is 7.92. The van der Waals surface area contributed by atoms with Gasteiger partial charge in [0.05, 0.1) is 30.4 Å². The Balaban J connectivity index is 1.53. The third-order valence-electron chi connectivity index (χ3n) is 5.50. The highest BCUT2D eigenvalue weighted by Crippen LogP contribution is 2.35. The van der Waals surface area contributed by atoms with Gasteiger partial charge in [-0.25, -0.2) is 9.97 Å². The van der Waals surface area contributed by atoms with Crippen molar-refractivity contribution in [3.63, 3.8) is 0 Å². The van der Waals surface area contributed by atoms with Crippen molar-refractivity contribution in [2.75, 3.05) is 37.4 Å². The number of benzene rings is 2. The molecule has 0 spiro atoms. The molecule has 194 valence electrons. The Kier molecular flexibility index (Phi) is 7.58. The number of nitrogens with zero attached hydrogens (tertiary/aromatic N) is 3. The van der Waals surface area contributed by atoms with E-state index < -0.39 is 17.6 Å². The smallest absolute Gasteiger partial charge is 0.416 e. The summed E-state index contributed by atoms with van der Waals surface area (Å²) < 4.78 is 49.8. The second-order valence-corrected chi connectivity index (χ2v) is 8.38. The van der Waals surface area contributed by atoms with Crippen LogP contribution in [0.1, 0.15) is 12.5 Å². The molecule has 1 fully saturated rings. The van der Waals surface area contributed by atoms with E-state index in [-0.39, 0.29) is 30.1 Å². The number of aromatic nitrogens is 2. The van der Waals surface area contributed by atoms with Crippen LogP contribution in [0.15, 0.2) is 54.9 Å².